The van der Waals surface area contributed by atoms with Crippen molar-refractivity contribution in [2.24, 2.45) is 0 Å². The zero-order valence-corrected chi connectivity index (χ0v) is 19.1. The molecule has 0 saturated carbocycles. The Morgan fingerprint density at radius 2 is 1.65 bits per heavy atom. The number of carbonyl (C=O) groups is 1. The number of hydrogen-bond acceptors (Lipinski definition) is 7. The molecule has 0 radical (unpaired) electrons. The molecule has 7 nitrogen and oxygen atoms in total. The summed E-state index contributed by atoms with van der Waals surface area (Å²) in [4.78, 5) is 18.7. The van der Waals surface area contributed by atoms with Gasteiger partial charge in [-0.05, 0) is 42.3 Å². The third-order valence-electron chi connectivity index (χ3n) is 4.86. The Morgan fingerprint density at radius 1 is 0.935 bits per heavy atom. The predicted molar refractivity (Wildman–Crippen MR) is 122 cm³/mol. The number of rotatable bonds is 9. The molecule has 0 fully saturated rings. The van der Waals surface area contributed by atoms with Crippen LogP contribution in [0.25, 0.3) is 11.3 Å². The maximum Gasteiger partial charge on any atom is 0.225 e. The normalized spacial score (nSPS) is 10.5. The minimum absolute atomic E-state index is 0.0704. The van der Waals surface area contributed by atoms with Crippen molar-refractivity contribution in [2.75, 3.05) is 39.9 Å². The number of anilines is 1. The fourth-order valence-corrected chi connectivity index (χ4v) is 4.09. The van der Waals surface area contributed by atoms with Crippen molar-refractivity contribution in [3.05, 3.63) is 47.3 Å². The van der Waals surface area contributed by atoms with Gasteiger partial charge in [0.25, 0.3) is 0 Å². The smallest absolute Gasteiger partial charge is 0.225 e. The molecule has 0 saturated heterocycles. The monoisotopic (exact) mass is 442 g/mol. The number of aromatic nitrogens is 1. The fraction of sp³-hybridized carbons (Fsp3) is 0.304. The van der Waals surface area contributed by atoms with Gasteiger partial charge in [0.1, 0.15) is 11.5 Å². The summed E-state index contributed by atoms with van der Waals surface area (Å²) in [6, 6.07) is 11.3. The van der Waals surface area contributed by atoms with Gasteiger partial charge in [0.2, 0.25) is 5.91 Å². The number of amides is 1. The van der Waals surface area contributed by atoms with Crippen LogP contribution in [0, 0.1) is 0 Å². The Labute approximate surface area is 186 Å². The first-order chi connectivity index (χ1) is 15.0. The first-order valence-electron chi connectivity index (χ1n) is 9.67. The van der Waals surface area contributed by atoms with Crippen molar-refractivity contribution in [3.63, 3.8) is 0 Å². The summed E-state index contributed by atoms with van der Waals surface area (Å²) in [5.74, 6) is 2.67. The van der Waals surface area contributed by atoms with Crippen LogP contribution in [0.1, 0.15) is 12.5 Å². The number of thiazole rings is 1. The van der Waals surface area contributed by atoms with E-state index in [0.29, 0.717) is 41.1 Å². The Morgan fingerprint density at radius 3 is 2.29 bits per heavy atom. The van der Waals surface area contributed by atoms with Gasteiger partial charge < -0.3 is 18.9 Å². The van der Waals surface area contributed by atoms with E-state index >= 15 is 0 Å². The molecule has 8 heteroatoms. The van der Waals surface area contributed by atoms with Gasteiger partial charge in [-0.3, -0.25) is 9.69 Å². The maximum atomic E-state index is 12.4. The largest absolute Gasteiger partial charge is 0.497 e. The highest BCUT2D eigenvalue weighted by Gasteiger charge is 2.18. The Kier molecular flexibility index (Phi) is 7.36. The van der Waals surface area contributed by atoms with Crippen LogP contribution in [0.15, 0.2) is 41.8 Å². The summed E-state index contributed by atoms with van der Waals surface area (Å²) in [6.07, 6.45) is 0.650. The molecular formula is C23H26N2O5S. The van der Waals surface area contributed by atoms with E-state index in [1.165, 1.54) is 11.3 Å². The summed E-state index contributed by atoms with van der Waals surface area (Å²) in [5.41, 5.74) is 2.58. The lowest BCUT2D eigenvalue weighted by atomic mass is 10.1. The zero-order valence-electron chi connectivity index (χ0n) is 18.3. The molecule has 1 heterocycles. The number of methoxy groups -OCH3 is 4. The lowest BCUT2D eigenvalue weighted by molar-refractivity contribution is -0.116. The van der Waals surface area contributed by atoms with Crippen LogP contribution >= 0.6 is 11.3 Å². The Hall–Kier alpha value is -3.26. The average molecular weight is 443 g/mol. The highest BCUT2D eigenvalue weighted by atomic mass is 32.1. The van der Waals surface area contributed by atoms with Crippen LogP contribution in [0.3, 0.4) is 0 Å². The van der Waals surface area contributed by atoms with Gasteiger partial charge in [-0.25, -0.2) is 4.98 Å². The van der Waals surface area contributed by atoms with Crippen molar-refractivity contribution < 1.29 is 23.7 Å². The van der Waals surface area contributed by atoms with Gasteiger partial charge in [-0.1, -0.05) is 6.07 Å². The van der Waals surface area contributed by atoms with Crippen LogP contribution in [0.4, 0.5) is 5.13 Å². The standard InChI is InChI=1S/C23H26N2O5S/c1-15(26)25(11-10-16-6-8-21(29-4)22(12-16)30-5)23-24-19(14-31-23)18-13-17(27-2)7-9-20(18)28-3/h6-9,12-14H,10-11H2,1-5H3. The molecule has 0 N–H and O–H groups in total. The number of benzene rings is 2. The van der Waals surface area contributed by atoms with E-state index in [2.05, 4.69) is 0 Å². The molecule has 0 spiro atoms. The summed E-state index contributed by atoms with van der Waals surface area (Å²) in [5, 5.41) is 2.55. The van der Waals surface area contributed by atoms with E-state index in [1.54, 1.807) is 40.3 Å². The van der Waals surface area contributed by atoms with Gasteiger partial charge >= 0.3 is 0 Å². The second-order valence-electron chi connectivity index (χ2n) is 6.69. The molecule has 31 heavy (non-hydrogen) atoms. The van der Waals surface area contributed by atoms with E-state index in [0.717, 1.165) is 16.8 Å². The molecule has 1 amide bonds. The van der Waals surface area contributed by atoms with Crippen molar-refractivity contribution in [1.29, 1.82) is 0 Å². The van der Waals surface area contributed by atoms with Crippen molar-refractivity contribution in [3.8, 4) is 34.3 Å². The van der Waals surface area contributed by atoms with E-state index < -0.39 is 0 Å². The molecule has 0 aliphatic heterocycles. The van der Waals surface area contributed by atoms with Gasteiger partial charge in [-0.2, -0.15) is 0 Å². The first kappa shape index (κ1) is 22.4. The molecule has 3 rings (SSSR count). The quantitative estimate of drug-likeness (QED) is 0.488. The van der Waals surface area contributed by atoms with Gasteiger partial charge in [0, 0.05) is 24.4 Å². The summed E-state index contributed by atoms with van der Waals surface area (Å²) in [7, 11) is 6.44. The number of hydrogen-bond donors (Lipinski definition) is 0. The summed E-state index contributed by atoms with van der Waals surface area (Å²) < 4.78 is 21.5. The second-order valence-corrected chi connectivity index (χ2v) is 7.53. The molecule has 2 aromatic carbocycles. The van der Waals surface area contributed by atoms with E-state index in [4.69, 9.17) is 23.9 Å². The van der Waals surface area contributed by atoms with Crippen molar-refractivity contribution >= 4 is 22.4 Å². The number of nitrogens with zero attached hydrogens (tertiary/aromatic N) is 2. The molecular weight excluding hydrogens is 416 g/mol. The number of ether oxygens (including phenoxy) is 4. The lowest BCUT2D eigenvalue weighted by Gasteiger charge is -2.18. The third kappa shape index (κ3) is 5.08. The minimum atomic E-state index is -0.0704. The van der Waals surface area contributed by atoms with E-state index in [1.807, 2.05) is 41.8 Å². The average Bonchev–Trinajstić information content (AvgIpc) is 3.27. The fourth-order valence-electron chi connectivity index (χ4n) is 3.19. The molecule has 0 aliphatic rings. The van der Waals surface area contributed by atoms with Gasteiger partial charge in [0.05, 0.1) is 34.1 Å². The van der Waals surface area contributed by atoms with Crippen LogP contribution in [-0.2, 0) is 11.2 Å². The highest BCUT2D eigenvalue weighted by molar-refractivity contribution is 7.14. The van der Waals surface area contributed by atoms with Crippen LogP contribution in [-0.4, -0.2) is 45.9 Å². The highest BCUT2D eigenvalue weighted by Crippen LogP contribution is 2.36. The van der Waals surface area contributed by atoms with Crippen LogP contribution in [0.5, 0.6) is 23.0 Å². The Bertz CT molecular complexity index is 1050. The van der Waals surface area contributed by atoms with Gasteiger partial charge in [-0.15, -0.1) is 11.3 Å². The number of carbonyl (C=O) groups excluding carboxylic acids is 1. The van der Waals surface area contributed by atoms with Crippen LogP contribution in [0.2, 0.25) is 0 Å². The SMILES string of the molecule is COc1ccc(OC)c(-c2csc(N(CCc3ccc(OC)c(OC)c3)C(C)=O)n2)c1. The van der Waals surface area contributed by atoms with Gasteiger partial charge in [0.15, 0.2) is 16.6 Å². The predicted octanol–water partition coefficient (Wildman–Crippen LogP) is 4.44. The van der Waals surface area contributed by atoms with E-state index in [-0.39, 0.29) is 5.91 Å². The minimum Gasteiger partial charge on any atom is -0.497 e. The third-order valence-corrected chi connectivity index (χ3v) is 5.72. The molecule has 0 atom stereocenters. The first-order valence-corrected chi connectivity index (χ1v) is 10.6. The summed E-state index contributed by atoms with van der Waals surface area (Å²) in [6.45, 7) is 2.04. The molecule has 3 aromatic rings. The molecule has 0 bridgehead atoms. The topological polar surface area (TPSA) is 70.1 Å². The molecule has 164 valence electrons. The lowest BCUT2D eigenvalue weighted by Crippen LogP contribution is -2.30. The Balaban J connectivity index is 1.82. The molecule has 0 unspecified atom stereocenters. The van der Waals surface area contributed by atoms with E-state index in [9.17, 15) is 4.79 Å². The van der Waals surface area contributed by atoms with Crippen molar-refractivity contribution in [1.82, 2.24) is 4.98 Å². The summed E-state index contributed by atoms with van der Waals surface area (Å²) >= 11 is 1.42. The van der Waals surface area contributed by atoms with Crippen molar-refractivity contribution in [2.45, 2.75) is 13.3 Å². The molecule has 0 aliphatic carbocycles. The maximum absolute atomic E-state index is 12.4. The zero-order chi connectivity index (χ0) is 22.4. The van der Waals surface area contributed by atoms with Crippen LogP contribution < -0.4 is 23.8 Å². The molecule has 1 aromatic heterocycles. The second kappa shape index (κ2) is 10.2.